The second-order valence-electron chi connectivity index (χ2n) is 6.79. The summed E-state index contributed by atoms with van der Waals surface area (Å²) >= 11 is 7.63. The molecular formula is C21H17FN2S2. The van der Waals surface area contributed by atoms with E-state index in [1.807, 2.05) is 0 Å². The summed E-state index contributed by atoms with van der Waals surface area (Å²) in [5.41, 5.74) is 6.98. The van der Waals surface area contributed by atoms with E-state index in [-0.39, 0.29) is 5.82 Å². The number of nitrogens with zero attached hydrogens (tertiary/aromatic N) is 2. The van der Waals surface area contributed by atoms with Crippen molar-refractivity contribution < 1.29 is 4.39 Å². The highest BCUT2D eigenvalue weighted by Crippen LogP contribution is 2.41. The number of rotatable bonds is 2. The van der Waals surface area contributed by atoms with Gasteiger partial charge in [-0.1, -0.05) is 18.3 Å². The smallest absolute Gasteiger partial charge is 0.123 e. The topological polar surface area (TPSA) is 16.1 Å². The molecule has 0 saturated heterocycles. The molecule has 1 aromatic carbocycles. The van der Waals surface area contributed by atoms with Crippen LogP contribution in [-0.4, -0.2) is 9.97 Å². The van der Waals surface area contributed by atoms with Crippen molar-refractivity contribution in [1.29, 1.82) is 0 Å². The molecule has 5 rings (SSSR count). The molecule has 5 heteroatoms. The van der Waals surface area contributed by atoms with Gasteiger partial charge in [-0.3, -0.25) is 4.98 Å². The third-order valence-corrected chi connectivity index (χ3v) is 6.53. The minimum atomic E-state index is -0.232. The molecule has 26 heavy (non-hydrogen) atoms. The number of pyridine rings is 1. The predicted molar refractivity (Wildman–Crippen MR) is 108 cm³/mol. The van der Waals surface area contributed by atoms with Gasteiger partial charge in [0.15, 0.2) is 0 Å². The Morgan fingerprint density at radius 3 is 2.58 bits per heavy atom. The zero-order valence-electron chi connectivity index (χ0n) is 14.2. The maximum Gasteiger partial charge on any atom is 0.123 e. The van der Waals surface area contributed by atoms with Gasteiger partial charge in [-0.2, -0.15) is 0 Å². The van der Waals surface area contributed by atoms with Gasteiger partial charge in [-0.25, -0.2) is 4.39 Å². The van der Waals surface area contributed by atoms with E-state index < -0.39 is 0 Å². The fraction of sp³-hybridized carbons (Fsp3) is 0.238. The molecule has 3 heterocycles. The van der Waals surface area contributed by atoms with Crippen molar-refractivity contribution in [2.45, 2.75) is 32.2 Å². The van der Waals surface area contributed by atoms with Gasteiger partial charge < -0.3 is 4.90 Å². The van der Waals surface area contributed by atoms with Gasteiger partial charge in [-0.05, 0) is 67.0 Å². The van der Waals surface area contributed by atoms with Crippen LogP contribution in [0.5, 0.6) is 0 Å². The lowest BCUT2D eigenvalue weighted by molar-refractivity contribution is 0.628. The van der Waals surface area contributed by atoms with Gasteiger partial charge in [-0.15, -0.1) is 11.3 Å². The van der Waals surface area contributed by atoms with Gasteiger partial charge in [0.25, 0.3) is 0 Å². The Kier molecular flexibility index (Phi) is 3.87. The van der Waals surface area contributed by atoms with Crippen LogP contribution in [0.1, 0.15) is 35.4 Å². The van der Waals surface area contributed by atoms with Gasteiger partial charge in [0.2, 0.25) is 0 Å². The molecule has 0 radical (unpaired) electrons. The molecule has 130 valence electrons. The van der Waals surface area contributed by atoms with Crippen LogP contribution in [0.3, 0.4) is 0 Å². The quantitative estimate of drug-likeness (QED) is 0.544. The van der Waals surface area contributed by atoms with Crippen LogP contribution in [-0.2, 0) is 19.4 Å². The summed E-state index contributed by atoms with van der Waals surface area (Å²) in [4.78, 5) is 9.16. The standard InChI is InChI=1S/C21H17FN2S2/c22-13-7-9-14(10-8-13)24-12-17-20(21(24)25)19(18-6-3-11-26-18)15-4-1-2-5-16(15)23-17/h3,6-11H,1-2,4-5,12H2. The number of halogens is 1. The molecule has 0 N–H and O–H groups in total. The molecule has 2 aromatic heterocycles. The first-order valence-corrected chi connectivity index (χ1v) is 10.2. The number of thiophene rings is 1. The molecule has 2 aliphatic rings. The van der Waals surface area contributed by atoms with Crippen molar-refractivity contribution in [2.24, 2.45) is 0 Å². The van der Waals surface area contributed by atoms with E-state index in [0.717, 1.165) is 34.8 Å². The minimum Gasteiger partial charge on any atom is -0.326 e. The van der Waals surface area contributed by atoms with Crippen LogP contribution in [0.4, 0.5) is 10.1 Å². The van der Waals surface area contributed by atoms with Crippen LogP contribution in [0.2, 0.25) is 0 Å². The second kappa shape index (κ2) is 6.25. The molecule has 0 spiro atoms. The lowest BCUT2D eigenvalue weighted by atomic mass is 9.88. The Labute approximate surface area is 161 Å². The number of fused-ring (bicyclic) bond motifs is 2. The van der Waals surface area contributed by atoms with Crippen molar-refractivity contribution in [3.8, 4) is 10.4 Å². The third-order valence-electron chi connectivity index (χ3n) is 5.22. The summed E-state index contributed by atoms with van der Waals surface area (Å²) in [7, 11) is 0. The number of aromatic nitrogens is 1. The summed E-state index contributed by atoms with van der Waals surface area (Å²) in [5, 5.41) is 2.12. The van der Waals surface area contributed by atoms with Crippen LogP contribution in [0, 0.1) is 5.82 Å². The zero-order valence-corrected chi connectivity index (χ0v) is 15.8. The second-order valence-corrected chi connectivity index (χ2v) is 8.12. The van der Waals surface area contributed by atoms with Crippen molar-refractivity contribution in [2.75, 3.05) is 4.90 Å². The third kappa shape index (κ3) is 2.49. The van der Waals surface area contributed by atoms with E-state index in [1.165, 1.54) is 46.7 Å². The molecule has 2 nitrogen and oxygen atoms in total. The molecule has 1 aliphatic heterocycles. The zero-order chi connectivity index (χ0) is 17.7. The van der Waals surface area contributed by atoms with Crippen molar-refractivity contribution in [3.05, 3.63) is 70.1 Å². The Morgan fingerprint density at radius 2 is 1.81 bits per heavy atom. The molecule has 0 bridgehead atoms. The lowest BCUT2D eigenvalue weighted by Gasteiger charge is -2.21. The number of aryl methyl sites for hydroxylation is 1. The Balaban J connectivity index is 1.68. The van der Waals surface area contributed by atoms with E-state index >= 15 is 0 Å². The van der Waals surface area contributed by atoms with Crippen molar-refractivity contribution in [1.82, 2.24) is 4.98 Å². The lowest BCUT2D eigenvalue weighted by Crippen LogP contribution is -2.22. The molecular weight excluding hydrogens is 363 g/mol. The Morgan fingerprint density at radius 1 is 1.00 bits per heavy atom. The first kappa shape index (κ1) is 16.1. The number of hydrogen-bond acceptors (Lipinski definition) is 3. The van der Waals surface area contributed by atoms with Crippen LogP contribution in [0.25, 0.3) is 10.4 Å². The SMILES string of the molecule is Fc1ccc(N2Cc3nc4c(c(-c5cccs5)c3C2=S)CCCC4)cc1. The molecule has 0 fully saturated rings. The van der Waals surface area contributed by atoms with Crippen LogP contribution >= 0.6 is 23.6 Å². The molecule has 0 amide bonds. The maximum atomic E-state index is 13.3. The fourth-order valence-corrected chi connectivity index (χ4v) is 5.21. The molecule has 0 saturated carbocycles. The van der Waals surface area contributed by atoms with Crippen LogP contribution < -0.4 is 4.90 Å². The summed E-state index contributed by atoms with van der Waals surface area (Å²) in [6, 6.07) is 10.8. The van der Waals surface area contributed by atoms with Gasteiger partial charge >= 0.3 is 0 Å². The number of thiocarbonyl (C=S) groups is 1. The minimum absolute atomic E-state index is 0.232. The van der Waals surface area contributed by atoms with Gasteiger partial charge in [0, 0.05) is 27.4 Å². The number of anilines is 1. The summed E-state index contributed by atoms with van der Waals surface area (Å²) < 4.78 is 13.3. The van der Waals surface area contributed by atoms with E-state index in [9.17, 15) is 4.39 Å². The first-order chi connectivity index (χ1) is 12.7. The van der Waals surface area contributed by atoms with E-state index in [1.54, 1.807) is 23.5 Å². The normalized spacial score (nSPS) is 15.9. The molecule has 0 atom stereocenters. The average Bonchev–Trinajstić information content (AvgIpc) is 3.29. The number of benzene rings is 1. The molecule has 0 unspecified atom stereocenters. The fourth-order valence-electron chi connectivity index (χ4n) is 4.02. The molecule has 3 aromatic rings. The monoisotopic (exact) mass is 380 g/mol. The summed E-state index contributed by atoms with van der Waals surface area (Å²) in [6.45, 7) is 0.658. The maximum absolute atomic E-state index is 13.3. The first-order valence-electron chi connectivity index (χ1n) is 8.88. The van der Waals surface area contributed by atoms with Crippen molar-refractivity contribution in [3.63, 3.8) is 0 Å². The summed E-state index contributed by atoms with van der Waals surface area (Å²) in [6.07, 6.45) is 4.53. The van der Waals surface area contributed by atoms with Crippen LogP contribution in [0.15, 0.2) is 41.8 Å². The largest absolute Gasteiger partial charge is 0.326 e. The average molecular weight is 381 g/mol. The summed E-state index contributed by atoms with van der Waals surface area (Å²) in [5.74, 6) is -0.232. The van der Waals surface area contributed by atoms with Crippen molar-refractivity contribution >= 4 is 34.2 Å². The van der Waals surface area contributed by atoms with Gasteiger partial charge in [0.1, 0.15) is 10.8 Å². The highest BCUT2D eigenvalue weighted by molar-refractivity contribution is 7.81. The highest BCUT2D eigenvalue weighted by atomic mass is 32.1. The van der Waals surface area contributed by atoms with Gasteiger partial charge in [0.05, 0.1) is 12.2 Å². The predicted octanol–water partition coefficient (Wildman–Crippen LogP) is 5.52. The molecule has 1 aliphatic carbocycles. The number of hydrogen-bond donors (Lipinski definition) is 0. The highest BCUT2D eigenvalue weighted by Gasteiger charge is 2.33. The van der Waals surface area contributed by atoms with E-state index in [2.05, 4.69) is 22.4 Å². The van der Waals surface area contributed by atoms with E-state index in [0.29, 0.717) is 6.54 Å². The Bertz CT molecular complexity index is 994. The Hall–Kier alpha value is -2.11. The van der Waals surface area contributed by atoms with E-state index in [4.69, 9.17) is 17.2 Å².